The van der Waals surface area contributed by atoms with Crippen LogP contribution in [0.2, 0.25) is 0 Å². The van der Waals surface area contributed by atoms with Crippen LogP contribution in [0.25, 0.3) is 0 Å². The second kappa shape index (κ2) is 3.65. The summed E-state index contributed by atoms with van der Waals surface area (Å²) in [5, 5.41) is 0. The van der Waals surface area contributed by atoms with Gasteiger partial charge in [-0.05, 0) is 24.7 Å². The van der Waals surface area contributed by atoms with Crippen LogP contribution in [0.1, 0.15) is 26.2 Å². The summed E-state index contributed by atoms with van der Waals surface area (Å²) in [7, 11) is 0. The van der Waals surface area contributed by atoms with Crippen LogP contribution in [0.5, 0.6) is 0 Å². The Bertz CT molecular complexity index is 109. The summed E-state index contributed by atoms with van der Waals surface area (Å²) in [6.07, 6.45) is 5.61. The van der Waals surface area contributed by atoms with Gasteiger partial charge >= 0.3 is 0 Å². The average Bonchev–Trinajstić information content (AvgIpc) is 2.31. The van der Waals surface area contributed by atoms with Gasteiger partial charge in [0, 0.05) is 0 Å². The zero-order chi connectivity index (χ0) is 7.40. The molecule has 0 radical (unpaired) electrons. The zero-order valence-electron chi connectivity index (χ0n) is 6.68. The van der Waals surface area contributed by atoms with Crippen molar-refractivity contribution in [3.63, 3.8) is 0 Å². The largest absolute Gasteiger partial charge is 0.502 e. The molecule has 58 valence electrons. The molecule has 0 bridgehead atoms. The van der Waals surface area contributed by atoms with E-state index in [-0.39, 0.29) is 0 Å². The van der Waals surface area contributed by atoms with Gasteiger partial charge in [0.1, 0.15) is 0 Å². The number of rotatable bonds is 3. The molecule has 0 aromatic carbocycles. The van der Waals surface area contributed by atoms with Crippen LogP contribution in [-0.2, 0) is 4.74 Å². The summed E-state index contributed by atoms with van der Waals surface area (Å²) in [6.45, 7) is 6.71. The summed E-state index contributed by atoms with van der Waals surface area (Å²) in [5.41, 5.74) is 0. The van der Waals surface area contributed by atoms with E-state index in [1.807, 2.05) is 0 Å². The molecular formula is C9H16O. The minimum absolute atomic E-state index is 0.799. The van der Waals surface area contributed by atoms with Crippen LogP contribution in [0.4, 0.5) is 0 Å². The molecule has 0 N–H and O–H groups in total. The van der Waals surface area contributed by atoms with Gasteiger partial charge in [0.25, 0.3) is 0 Å². The highest BCUT2D eigenvalue weighted by Gasteiger charge is 2.20. The van der Waals surface area contributed by atoms with Crippen LogP contribution in [0.15, 0.2) is 12.8 Å². The SMILES string of the molecule is C=COCC1CCC(C)C1. The molecule has 1 aliphatic carbocycles. The molecule has 0 aromatic heterocycles. The molecule has 1 heteroatoms. The van der Waals surface area contributed by atoms with Crippen LogP contribution >= 0.6 is 0 Å². The lowest BCUT2D eigenvalue weighted by Crippen LogP contribution is -2.02. The Hall–Kier alpha value is -0.460. The summed E-state index contributed by atoms with van der Waals surface area (Å²) >= 11 is 0. The molecule has 1 rings (SSSR count). The van der Waals surface area contributed by atoms with E-state index in [0.717, 1.165) is 18.4 Å². The van der Waals surface area contributed by atoms with Crippen molar-refractivity contribution in [2.24, 2.45) is 11.8 Å². The normalized spacial score (nSPS) is 32.1. The molecule has 0 aliphatic heterocycles. The van der Waals surface area contributed by atoms with E-state index in [1.165, 1.54) is 19.3 Å². The molecule has 2 atom stereocenters. The van der Waals surface area contributed by atoms with Gasteiger partial charge in [-0.3, -0.25) is 0 Å². The van der Waals surface area contributed by atoms with E-state index in [4.69, 9.17) is 4.74 Å². The Kier molecular flexibility index (Phi) is 2.79. The topological polar surface area (TPSA) is 9.23 Å². The third-order valence-electron chi connectivity index (χ3n) is 2.25. The standard InChI is InChI=1S/C9H16O/c1-3-10-7-9-5-4-8(2)6-9/h3,8-9H,1,4-7H2,2H3. The first-order valence-corrected chi connectivity index (χ1v) is 4.05. The molecule has 10 heavy (non-hydrogen) atoms. The average molecular weight is 140 g/mol. The van der Waals surface area contributed by atoms with E-state index in [1.54, 1.807) is 6.26 Å². The lowest BCUT2D eigenvalue weighted by atomic mass is 10.1. The molecule has 1 aliphatic rings. The zero-order valence-corrected chi connectivity index (χ0v) is 6.68. The lowest BCUT2D eigenvalue weighted by Gasteiger charge is -2.07. The molecule has 1 nitrogen and oxygen atoms in total. The van der Waals surface area contributed by atoms with Gasteiger partial charge in [-0.2, -0.15) is 0 Å². The van der Waals surface area contributed by atoms with Gasteiger partial charge in [-0.1, -0.05) is 19.9 Å². The van der Waals surface area contributed by atoms with Crippen molar-refractivity contribution < 1.29 is 4.74 Å². The fourth-order valence-electron chi connectivity index (χ4n) is 1.68. The molecule has 2 unspecified atom stereocenters. The van der Waals surface area contributed by atoms with E-state index in [9.17, 15) is 0 Å². The maximum Gasteiger partial charge on any atom is 0.0901 e. The predicted molar refractivity (Wildman–Crippen MR) is 42.7 cm³/mol. The van der Waals surface area contributed by atoms with E-state index < -0.39 is 0 Å². The highest BCUT2D eigenvalue weighted by Crippen LogP contribution is 2.30. The van der Waals surface area contributed by atoms with Gasteiger partial charge in [-0.15, -0.1) is 0 Å². The number of hydrogen-bond donors (Lipinski definition) is 0. The molecule has 0 spiro atoms. The molecule has 1 saturated carbocycles. The van der Waals surface area contributed by atoms with Gasteiger partial charge in [0.15, 0.2) is 0 Å². The number of ether oxygens (including phenoxy) is 1. The Morgan fingerprint density at radius 1 is 1.60 bits per heavy atom. The molecule has 1 fully saturated rings. The van der Waals surface area contributed by atoms with Crippen molar-refractivity contribution in [2.75, 3.05) is 6.61 Å². The predicted octanol–water partition coefficient (Wildman–Crippen LogP) is 2.58. The van der Waals surface area contributed by atoms with E-state index in [2.05, 4.69) is 13.5 Å². The lowest BCUT2D eigenvalue weighted by molar-refractivity contribution is 0.195. The maximum absolute atomic E-state index is 5.13. The van der Waals surface area contributed by atoms with Crippen molar-refractivity contribution in [1.82, 2.24) is 0 Å². The van der Waals surface area contributed by atoms with E-state index >= 15 is 0 Å². The number of hydrogen-bond acceptors (Lipinski definition) is 1. The van der Waals surface area contributed by atoms with Crippen LogP contribution in [-0.4, -0.2) is 6.61 Å². The van der Waals surface area contributed by atoms with Crippen molar-refractivity contribution >= 4 is 0 Å². The van der Waals surface area contributed by atoms with Crippen LogP contribution in [0, 0.1) is 11.8 Å². The van der Waals surface area contributed by atoms with E-state index in [0.29, 0.717) is 0 Å². The summed E-state index contributed by atoms with van der Waals surface area (Å²) in [4.78, 5) is 0. The van der Waals surface area contributed by atoms with Gasteiger partial charge < -0.3 is 4.74 Å². The van der Waals surface area contributed by atoms with Gasteiger partial charge in [0.2, 0.25) is 0 Å². The first kappa shape index (κ1) is 7.64. The maximum atomic E-state index is 5.13. The fourth-order valence-corrected chi connectivity index (χ4v) is 1.68. The van der Waals surface area contributed by atoms with Crippen molar-refractivity contribution in [1.29, 1.82) is 0 Å². The summed E-state index contributed by atoms with van der Waals surface area (Å²) in [5.74, 6) is 1.71. The molecule has 0 aromatic rings. The third-order valence-corrected chi connectivity index (χ3v) is 2.25. The van der Waals surface area contributed by atoms with Crippen molar-refractivity contribution in [3.05, 3.63) is 12.8 Å². The molecule has 0 amide bonds. The van der Waals surface area contributed by atoms with Crippen molar-refractivity contribution in [3.8, 4) is 0 Å². The quantitative estimate of drug-likeness (QED) is 0.547. The van der Waals surface area contributed by atoms with Crippen LogP contribution < -0.4 is 0 Å². The second-order valence-electron chi connectivity index (χ2n) is 3.28. The summed E-state index contributed by atoms with van der Waals surface area (Å²) in [6, 6.07) is 0. The Balaban J connectivity index is 2.12. The third kappa shape index (κ3) is 2.05. The Labute approximate surface area is 63.1 Å². The Morgan fingerprint density at radius 3 is 2.90 bits per heavy atom. The minimum atomic E-state index is 0.799. The fraction of sp³-hybridized carbons (Fsp3) is 0.778. The van der Waals surface area contributed by atoms with Crippen molar-refractivity contribution in [2.45, 2.75) is 26.2 Å². The van der Waals surface area contributed by atoms with Gasteiger partial charge in [0.05, 0.1) is 12.9 Å². The minimum Gasteiger partial charge on any atom is -0.502 e. The Morgan fingerprint density at radius 2 is 2.40 bits per heavy atom. The highest BCUT2D eigenvalue weighted by atomic mass is 16.5. The van der Waals surface area contributed by atoms with Gasteiger partial charge in [-0.25, -0.2) is 0 Å². The van der Waals surface area contributed by atoms with Crippen LogP contribution in [0.3, 0.4) is 0 Å². The first-order chi connectivity index (χ1) is 4.83. The smallest absolute Gasteiger partial charge is 0.0901 e. The highest BCUT2D eigenvalue weighted by molar-refractivity contribution is 4.72. The molecular weight excluding hydrogens is 124 g/mol. The second-order valence-corrected chi connectivity index (χ2v) is 3.28. The molecule has 0 heterocycles. The molecule has 0 saturated heterocycles. The monoisotopic (exact) mass is 140 g/mol. The first-order valence-electron chi connectivity index (χ1n) is 4.05. The summed E-state index contributed by atoms with van der Waals surface area (Å²) < 4.78 is 5.13.